The van der Waals surface area contributed by atoms with E-state index < -0.39 is 0 Å². The zero-order valence-electron chi connectivity index (χ0n) is 15.5. The van der Waals surface area contributed by atoms with Crippen LogP contribution in [0.3, 0.4) is 0 Å². The Morgan fingerprint density at radius 3 is 2.78 bits per heavy atom. The molecule has 27 heavy (non-hydrogen) atoms. The Kier molecular flexibility index (Phi) is 2.85. The maximum atomic E-state index is 4.65. The van der Waals surface area contributed by atoms with Crippen LogP contribution >= 0.6 is 0 Å². The largest absolute Gasteiger partial charge is 0.294 e. The molecule has 0 atom stereocenters. The van der Waals surface area contributed by atoms with Crippen LogP contribution in [0, 0.1) is 13.8 Å². The van der Waals surface area contributed by atoms with Crippen molar-refractivity contribution in [3.63, 3.8) is 0 Å². The van der Waals surface area contributed by atoms with E-state index in [2.05, 4.69) is 76.8 Å². The molecule has 0 unspecified atom stereocenters. The van der Waals surface area contributed by atoms with E-state index in [0.717, 1.165) is 18.7 Å². The van der Waals surface area contributed by atoms with Crippen molar-refractivity contribution in [1.82, 2.24) is 9.55 Å². The average Bonchev–Trinajstić information content (AvgIpc) is 3.34. The predicted octanol–water partition coefficient (Wildman–Crippen LogP) is 4.38. The second-order valence-corrected chi connectivity index (χ2v) is 7.66. The molecule has 2 aromatic carbocycles. The predicted molar refractivity (Wildman–Crippen MR) is 106 cm³/mol. The number of rotatable bonds is 1. The SMILES string of the molecule is Cc1cc2c(c(C)c1-n1cc[n+]3c1-c1ccccc1C3)Cc1cccnc1-2. The summed E-state index contributed by atoms with van der Waals surface area (Å²) in [7, 11) is 0. The molecule has 130 valence electrons. The van der Waals surface area contributed by atoms with E-state index in [4.69, 9.17) is 0 Å². The molecule has 3 heteroatoms. The average molecular weight is 350 g/mol. The summed E-state index contributed by atoms with van der Waals surface area (Å²) in [5.41, 5.74) is 11.9. The number of benzene rings is 2. The lowest BCUT2D eigenvalue weighted by Crippen LogP contribution is -2.30. The molecular weight excluding hydrogens is 330 g/mol. The molecule has 0 amide bonds. The van der Waals surface area contributed by atoms with Gasteiger partial charge in [-0.2, -0.15) is 4.57 Å². The van der Waals surface area contributed by atoms with Crippen molar-refractivity contribution in [1.29, 1.82) is 0 Å². The quantitative estimate of drug-likeness (QED) is 0.403. The van der Waals surface area contributed by atoms with Gasteiger partial charge in [0.1, 0.15) is 24.6 Å². The third-order valence-corrected chi connectivity index (χ3v) is 6.12. The van der Waals surface area contributed by atoms with E-state index in [-0.39, 0.29) is 0 Å². The van der Waals surface area contributed by atoms with Crippen LogP contribution in [0.25, 0.3) is 28.3 Å². The summed E-state index contributed by atoms with van der Waals surface area (Å²) < 4.78 is 4.74. The van der Waals surface area contributed by atoms with E-state index in [9.17, 15) is 0 Å². The topological polar surface area (TPSA) is 21.7 Å². The smallest absolute Gasteiger partial charge is 0.256 e. The lowest BCUT2D eigenvalue weighted by Gasteiger charge is -2.13. The highest BCUT2D eigenvalue weighted by molar-refractivity contribution is 5.79. The highest BCUT2D eigenvalue weighted by atomic mass is 15.2. The molecule has 0 fully saturated rings. The van der Waals surface area contributed by atoms with Crippen molar-refractivity contribution in [2.45, 2.75) is 26.8 Å². The fraction of sp³-hybridized carbons (Fsp3) is 0.167. The first-order chi connectivity index (χ1) is 13.2. The molecule has 0 N–H and O–H groups in total. The molecule has 0 saturated carbocycles. The summed E-state index contributed by atoms with van der Waals surface area (Å²) in [6.07, 6.45) is 7.30. The van der Waals surface area contributed by atoms with Crippen molar-refractivity contribution >= 4 is 0 Å². The van der Waals surface area contributed by atoms with Crippen LogP contribution in [0.5, 0.6) is 0 Å². The van der Waals surface area contributed by atoms with E-state index in [0.29, 0.717) is 0 Å². The lowest BCUT2D eigenvalue weighted by molar-refractivity contribution is -0.671. The number of aromatic nitrogens is 3. The molecule has 2 aliphatic rings. The first-order valence-corrected chi connectivity index (χ1v) is 9.49. The van der Waals surface area contributed by atoms with Crippen LogP contribution in [0.15, 0.2) is 61.1 Å². The number of nitrogens with zero attached hydrogens (tertiary/aromatic N) is 3. The molecule has 1 aliphatic carbocycles. The van der Waals surface area contributed by atoms with Gasteiger partial charge in [-0.15, -0.1) is 0 Å². The number of hydrogen-bond acceptors (Lipinski definition) is 1. The highest BCUT2D eigenvalue weighted by Crippen LogP contribution is 2.41. The number of hydrogen-bond donors (Lipinski definition) is 0. The van der Waals surface area contributed by atoms with Crippen molar-refractivity contribution in [2.24, 2.45) is 0 Å². The summed E-state index contributed by atoms with van der Waals surface area (Å²) in [6.45, 7) is 5.45. The Balaban J connectivity index is 1.60. The molecule has 3 nitrogen and oxygen atoms in total. The highest BCUT2D eigenvalue weighted by Gasteiger charge is 2.32. The fourth-order valence-electron chi connectivity index (χ4n) is 4.92. The maximum Gasteiger partial charge on any atom is 0.294 e. The number of imidazole rings is 1. The van der Waals surface area contributed by atoms with Gasteiger partial charge in [0.05, 0.1) is 11.3 Å². The monoisotopic (exact) mass is 350 g/mol. The van der Waals surface area contributed by atoms with Crippen LogP contribution in [0.4, 0.5) is 0 Å². The zero-order chi connectivity index (χ0) is 18.1. The van der Waals surface area contributed by atoms with Gasteiger partial charge in [0.2, 0.25) is 0 Å². The number of fused-ring (bicyclic) bond motifs is 6. The molecular formula is C24H20N3+. The summed E-state index contributed by atoms with van der Waals surface area (Å²) in [5, 5.41) is 0. The first kappa shape index (κ1) is 14.9. The first-order valence-electron chi connectivity index (χ1n) is 9.49. The van der Waals surface area contributed by atoms with E-state index in [1.807, 2.05) is 12.3 Å². The molecule has 0 radical (unpaired) electrons. The van der Waals surface area contributed by atoms with Gasteiger partial charge in [-0.05, 0) is 48.7 Å². The summed E-state index contributed by atoms with van der Waals surface area (Å²) in [4.78, 5) is 4.65. The van der Waals surface area contributed by atoms with Crippen LogP contribution in [0.2, 0.25) is 0 Å². The van der Waals surface area contributed by atoms with E-state index in [1.165, 1.54) is 50.5 Å². The third-order valence-electron chi connectivity index (χ3n) is 6.12. The lowest BCUT2D eigenvalue weighted by atomic mass is 9.97. The molecule has 6 rings (SSSR count). The second-order valence-electron chi connectivity index (χ2n) is 7.66. The Bertz CT molecular complexity index is 1250. The summed E-state index contributed by atoms with van der Waals surface area (Å²) in [5.74, 6) is 1.28. The van der Waals surface area contributed by atoms with Crippen LogP contribution < -0.4 is 4.57 Å². The second kappa shape index (κ2) is 5.17. The minimum Gasteiger partial charge on any atom is -0.256 e. The summed E-state index contributed by atoms with van der Waals surface area (Å²) >= 11 is 0. The Hall–Kier alpha value is -3.20. The normalized spacial score (nSPS) is 13.3. The summed E-state index contributed by atoms with van der Waals surface area (Å²) in [6, 6.07) is 15.3. The van der Waals surface area contributed by atoms with Crippen molar-refractivity contribution in [3.8, 4) is 28.3 Å². The minimum absolute atomic E-state index is 0.955. The molecule has 0 bridgehead atoms. The molecule has 3 heterocycles. The van der Waals surface area contributed by atoms with Crippen LogP contribution in [0.1, 0.15) is 27.8 Å². The zero-order valence-corrected chi connectivity index (χ0v) is 15.5. The minimum atomic E-state index is 0.955. The van der Waals surface area contributed by atoms with Gasteiger partial charge >= 0.3 is 0 Å². The number of pyridine rings is 1. The van der Waals surface area contributed by atoms with Gasteiger partial charge in [0.25, 0.3) is 5.82 Å². The van der Waals surface area contributed by atoms with Gasteiger partial charge in [-0.1, -0.05) is 24.3 Å². The Morgan fingerprint density at radius 1 is 1.00 bits per heavy atom. The molecule has 1 aliphatic heterocycles. The maximum absolute atomic E-state index is 4.65. The van der Waals surface area contributed by atoms with Crippen molar-refractivity contribution < 1.29 is 4.57 Å². The molecule has 2 aromatic heterocycles. The Labute approximate surface area is 158 Å². The Morgan fingerprint density at radius 2 is 1.85 bits per heavy atom. The van der Waals surface area contributed by atoms with Gasteiger partial charge in [-0.3, -0.25) is 4.98 Å². The van der Waals surface area contributed by atoms with Crippen molar-refractivity contribution in [2.75, 3.05) is 0 Å². The van der Waals surface area contributed by atoms with Crippen molar-refractivity contribution in [3.05, 3.63) is 88.9 Å². The van der Waals surface area contributed by atoms with E-state index in [1.54, 1.807) is 0 Å². The third kappa shape index (κ3) is 1.91. The molecule has 4 aromatic rings. The standard InChI is InChI=1S/C24H20N3/c1-15-12-21-20(13-17-7-5-9-25-22(17)21)16(2)23(15)27-11-10-26-14-18-6-3-4-8-19(18)24(26)27/h3-12H,13-14H2,1-2H3/q+1. The van der Waals surface area contributed by atoms with Gasteiger partial charge in [-0.25, -0.2) is 4.57 Å². The van der Waals surface area contributed by atoms with Crippen LogP contribution in [-0.4, -0.2) is 9.55 Å². The molecule has 0 saturated heterocycles. The van der Waals surface area contributed by atoms with Crippen LogP contribution in [-0.2, 0) is 13.0 Å². The number of aryl methyl sites for hydroxylation is 1. The van der Waals surface area contributed by atoms with Gasteiger partial charge < -0.3 is 0 Å². The van der Waals surface area contributed by atoms with Gasteiger partial charge in [0.15, 0.2) is 0 Å². The fourth-order valence-corrected chi connectivity index (χ4v) is 4.92. The van der Waals surface area contributed by atoms with E-state index >= 15 is 0 Å². The van der Waals surface area contributed by atoms with Gasteiger partial charge in [0, 0.05) is 29.3 Å². The molecule has 0 spiro atoms.